The lowest BCUT2D eigenvalue weighted by Crippen LogP contribution is -2.65. The maximum absolute atomic E-state index is 14.4. The van der Waals surface area contributed by atoms with Crippen LogP contribution in [0.2, 0.25) is 5.82 Å². The summed E-state index contributed by atoms with van der Waals surface area (Å²) < 4.78 is 38.6. The third-order valence-corrected chi connectivity index (χ3v) is 8.59. The van der Waals surface area contributed by atoms with Gasteiger partial charge in [0, 0.05) is 19.7 Å². The molecule has 160 valence electrons. The molecule has 0 radical (unpaired) electrons. The van der Waals surface area contributed by atoms with Crippen LogP contribution in [0.25, 0.3) is 0 Å². The van der Waals surface area contributed by atoms with Crippen LogP contribution in [0, 0.1) is 23.1 Å². The number of halogens is 1. The topological polar surface area (TPSA) is 54.0 Å². The minimum Gasteiger partial charge on any atom is -0.451 e. The van der Waals surface area contributed by atoms with Crippen LogP contribution in [0.15, 0.2) is 12.1 Å². The first-order valence-electron chi connectivity index (χ1n) is 11.1. The van der Waals surface area contributed by atoms with E-state index in [0.717, 1.165) is 18.4 Å². The van der Waals surface area contributed by atoms with Crippen molar-refractivity contribution in [1.82, 2.24) is 0 Å². The molecule has 0 N–H and O–H groups in total. The van der Waals surface area contributed by atoms with Crippen LogP contribution in [-0.4, -0.2) is 30.6 Å². The van der Waals surface area contributed by atoms with Crippen LogP contribution in [-0.2, 0) is 14.0 Å². The molecule has 0 spiro atoms. The molecule has 6 atom stereocenters. The largest absolute Gasteiger partial charge is 0.461 e. The summed E-state index contributed by atoms with van der Waals surface area (Å²) in [6.45, 7) is 10.3. The second-order valence-electron chi connectivity index (χ2n) is 11.1. The first-order valence-corrected chi connectivity index (χ1v) is 11.1. The van der Waals surface area contributed by atoms with Crippen LogP contribution in [0.3, 0.4) is 0 Å². The second kappa shape index (κ2) is 5.60. The highest BCUT2D eigenvalue weighted by atomic mass is 19.1. The molecular formula is C23H28BFO5. The first-order chi connectivity index (χ1) is 14.0. The van der Waals surface area contributed by atoms with E-state index in [1.165, 1.54) is 12.5 Å². The van der Waals surface area contributed by atoms with Crippen LogP contribution in [0.4, 0.5) is 4.39 Å². The lowest BCUT2D eigenvalue weighted by molar-refractivity contribution is -0.199. The molecule has 30 heavy (non-hydrogen) atoms. The van der Waals surface area contributed by atoms with E-state index < -0.39 is 17.6 Å². The lowest BCUT2D eigenvalue weighted by Gasteiger charge is -2.64. The Morgan fingerprint density at radius 2 is 1.83 bits per heavy atom. The van der Waals surface area contributed by atoms with Crippen molar-refractivity contribution < 1.29 is 28.0 Å². The van der Waals surface area contributed by atoms with E-state index in [9.17, 15) is 9.18 Å². The first kappa shape index (κ1) is 19.1. The number of carbonyl (C=O) groups excluding carboxylic acids is 1. The van der Waals surface area contributed by atoms with Gasteiger partial charge in [-0.15, -0.1) is 0 Å². The summed E-state index contributed by atoms with van der Waals surface area (Å²) in [6.07, 6.45) is 3.30. The fourth-order valence-electron chi connectivity index (χ4n) is 6.66. The van der Waals surface area contributed by atoms with Gasteiger partial charge in [0.05, 0.1) is 11.7 Å². The number of cyclic esters (lactones) is 1. The molecule has 0 amide bonds. The number of ether oxygens (including phenoxy) is 2. The van der Waals surface area contributed by atoms with Crippen molar-refractivity contribution in [1.29, 1.82) is 0 Å². The van der Waals surface area contributed by atoms with E-state index in [2.05, 4.69) is 20.8 Å². The third kappa shape index (κ3) is 2.39. The van der Waals surface area contributed by atoms with Crippen molar-refractivity contribution >= 4 is 13.1 Å². The monoisotopic (exact) mass is 414 g/mol. The second-order valence-corrected chi connectivity index (χ2v) is 11.1. The smallest absolute Gasteiger partial charge is 0.451 e. The molecule has 5 fully saturated rings. The maximum Gasteiger partial charge on any atom is 0.461 e. The van der Waals surface area contributed by atoms with Crippen molar-refractivity contribution in [3.8, 4) is 5.75 Å². The summed E-state index contributed by atoms with van der Waals surface area (Å²) in [5, 5.41) is 0. The van der Waals surface area contributed by atoms with Crippen molar-refractivity contribution in [2.45, 2.75) is 83.1 Å². The molecule has 7 rings (SSSR count). The van der Waals surface area contributed by atoms with Crippen molar-refractivity contribution in [2.24, 2.45) is 17.3 Å². The zero-order valence-electron chi connectivity index (χ0n) is 18.2. The lowest BCUT2D eigenvalue weighted by atomic mass is 9.43. The average Bonchev–Trinajstić information content (AvgIpc) is 3.33. The Balaban J connectivity index is 1.27. The van der Waals surface area contributed by atoms with Crippen LogP contribution >= 0.6 is 0 Å². The van der Waals surface area contributed by atoms with Gasteiger partial charge in [-0.25, -0.2) is 9.18 Å². The van der Waals surface area contributed by atoms with E-state index in [-0.39, 0.29) is 36.1 Å². The standard InChI is InChI=1S/C23H28BFO5/c1-21(2)11-8-16(21)23(5)17(9-11)29-24(30-23)14-10-13(14)12-6-7-15(25)18-19(12)27-22(3,4)28-20(18)26/h6-7,11,13-14,16-17H,8-10H2,1-5H3. The van der Waals surface area contributed by atoms with Crippen LogP contribution in [0.1, 0.15) is 75.7 Å². The predicted octanol–water partition coefficient (Wildman–Crippen LogP) is 4.70. The summed E-state index contributed by atoms with van der Waals surface area (Å²) >= 11 is 0. The molecule has 6 unspecified atom stereocenters. The van der Waals surface area contributed by atoms with Crippen molar-refractivity contribution in [3.05, 3.63) is 29.1 Å². The van der Waals surface area contributed by atoms with E-state index in [1.807, 2.05) is 0 Å². The van der Waals surface area contributed by atoms with Gasteiger partial charge < -0.3 is 18.8 Å². The molecule has 7 heteroatoms. The molecule has 1 aromatic rings. The molecular weight excluding hydrogens is 386 g/mol. The Morgan fingerprint density at radius 1 is 1.07 bits per heavy atom. The van der Waals surface area contributed by atoms with Gasteiger partial charge in [0.2, 0.25) is 5.79 Å². The molecule has 2 heterocycles. The SMILES string of the molecule is CC1(C)OC(=O)c2c(F)ccc(C3CC3B3OC4CC5CC(C5(C)C)C4(C)O3)c2O1. The van der Waals surface area contributed by atoms with E-state index in [1.54, 1.807) is 19.9 Å². The highest BCUT2D eigenvalue weighted by molar-refractivity contribution is 6.49. The van der Waals surface area contributed by atoms with Crippen LogP contribution in [0.5, 0.6) is 5.75 Å². The summed E-state index contributed by atoms with van der Waals surface area (Å²) in [7, 11) is -0.260. The van der Waals surface area contributed by atoms with Crippen molar-refractivity contribution in [2.75, 3.05) is 0 Å². The molecule has 4 saturated carbocycles. The normalized spacial score (nSPS) is 41.9. The quantitative estimate of drug-likeness (QED) is 0.519. The zero-order chi connectivity index (χ0) is 21.2. The van der Waals surface area contributed by atoms with Crippen molar-refractivity contribution in [3.63, 3.8) is 0 Å². The number of hydrogen-bond donors (Lipinski definition) is 0. The van der Waals surface area contributed by atoms with Gasteiger partial charge in [-0.3, -0.25) is 0 Å². The summed E-state index contributed by atoms with van der Waals surface area (Å²) in [5.74, 6) is -0.547. The van der Waals surface area contributed by atoms with Gasteiger partial charge in [0.1, 0.15) is 17.1 Å². The minimum atomic E-state index is -1.12. The number of rotatable bonds is 2. The van der Waals surface area contributed by atoms with E-state index in [0.29, 0.717) is 23.0 Å². The van der Waals surface area contributed by atoms with Gasteiger partial charge in [0.25, 0.3) is 0 Å². The predicted molar refractivity (Wildman–Crippen MR) is 108 cm³/mol. The minimum absolute atomic E-state index is 0.103. The fourth-order valence-corrected chi connectivity index (χ4v) is 6.66. The molecule has 0 aromatic heterocycles. The number of hydrogen-bond acceptors (Lipinski definition) is 5. The molecule has 5 nitrogen and oxygen atoms in total. The fraction of sp³-hybridized carbons (Fsp3) is 0.696. The summed E-state index contributed by atoms with van der Waals surface area (Å²) in [4.78, 5) is 12.4. The maximum atomic E-state index is 14.4. The Morgan fingerprint density at radius 3 is 2.57 bits per heavy atom. The van der Waals surface area contributed by atoms with E-state index in [4.69, 9.17) is 18.8 Å². The Kier molecular flexibility index (Phi) is 3.57. The van der Waals surface area contributed by atoms with Gasteiger partial charge in [-0.1, -0.05) is 19.9 Å². The van der Waals surface area contributed by atoms with Gasteiger partial charge >= 0.3 is 13.1 Å². The average molecular weight is 414 g/mol. The highest BCUT2D eigenvalue weighted by Gasteiger charge is 2.70. The highest BCUT2D eigenvalue weighted by Crippen LogP contribution is 2.68. The van der Waals surface area contributed by atoms with Gasteiger partial charge in [-0.2, -0.15) is 0 Å². The Hall–Kier alpha value is -1.60. The van der Waals surface area contributed by atoms with Crippen LogP contribution < -0.4 is 4.74 Å². The number of fused-ring (bicyclic) bond motifs is 1. The molecule has 2 bridgehead atoms. The third-order valence-electron chi connectivity index (χ3n) is 8.59. The zero-order valence-corrected chi connectivity index (χ0v) is 18.2. The van der Waals surface area contributed by atoms with E-state index >= 15 is 0 Å². The molecule has 1 aromatic carbocycles. The molecule has 6 aliphatic rings. The Labute approximate surface area is 176 Å². The summed E-state index contributed by atoms with van der Waals surface area (Å²) in [5.41, 5.74) is 0.815. The number of benzene rings is 1. The Bertz CT molecular complexity index is 961. The van der Waals surface area contributed by atoms with Gasteiger partial charge in [-0.05, 0) is 61.0 Å². The number of esters is 1. The number of carbonyl (C=O) groups is 1. The summed E-state index contributed by atoms with van der Waals surface area (Å²) in [6, 6.07) is 3.07. The molecule has 1 saturated heterocycles. The molecule has 2 aliphatic heterocycles. The van der Waals surface area contributed by atoms with Gasteiger partial charge in [0.15, 0.2) is 0 Å². The molecule has 4 aliphatic carbocycles.